The first-order valence-corrected chi connectivity index (χ1v) is 8.52. The molecular formula is C15H18N2O2S. The van der Waals surface area contributed by atoms with Crippen molar-refractivity contribution in [2.75, 3.05) is 0 Å². The minimum atomic E-state index is -3.53. The number of rotatable bonds is 5. The van der Waals surface area contributed by atoms with E-state index in [9.17, 15) is 8.42 Å². The van der Waals surface area contributed by atoms with Gasteiger partial charge in [0.1, 0.15) is 0 Å². The zero-order chi connectivity index (χ0) is 14.3. The van der Waals surface area contributed by atoms with Crippen molar-refractivity contribution >= 4 is 10.0 Å². The van der Waals surface area contributed by atoms with E-state index in [-0.39, 0.29) is 10.9 Å². The lowest BCUT2D eigenvalue weighted by Gasteiger charge is -2.18. The molecule has 2 saturated carbocycles. The van der Waals surface area contributed by atoms with Gasteiger partial charge in [-0.25, -0.2) is 13.1 Å². The highest BCUT2D eigenvalue weighted by Crippen LogP contribution is 2.45. The number of hydrogen-bond donors (Lipinski definition) is 1. The van der Waals surface area contributed by atoms with Crippen molar-refractivity contribution < 1.29 is 8.42 Å². The first kappa shape index (κ1) is 13.6. The fourth-order valence-corrected chi connectivity index (χ4v) is 4.33. The summed E-state index contributed by atoms with van der Waals surface area (Å²) in [7, 11) is -3.53. The third kappa shape index (κ3) is 2.72. The monoisotopic (exact) mass is 290 g/mol. The van der Waals surface area contributed by atoms with E-state index in [2.05, 4.69) is 4.72 Å². The topological polar surface area (TPSA) is 70.0 Å². The summed E-state index contributed by atoms with van der Waals surface area (Å²) in [6, 6.07) is 6.89. The summed E-state index contributed by atoms with van der Waals surface area (Å²) in [5, 5.41) is 8.93. The highest BCUT2D eigenvalue weighted by molar-refractivity contribution is 7.89. The molecule has 0 heterocycles. The zero-order valence-corrected chi connectivity index (χ0v) is 12.3. The molecule has 2 aliphatic rings. The smallest absolute Gasteiger partial charge is 0.208 e. The van der Waals surface area contributed by atoms with Crippen LogP contribution < -0.4 is 4.72 Å². The second-order valence-corrected chi connectivity index (χ2v) is 7.60. The molecule has 0 radical (unpaired) electrons. The van der Waals surface area contributed by atoms with Gasteiger partial charge in [0.05, 0.1) is 16.5 Å². The average molecular weight is 290 g/mol. The molecule has 0 unspecified atom stereocenters. The number of hydrogen-bond acceptors (Lipinski definition) is 3. The van der Waals surface area contributed by atoms with Gasteiger partial charge in [0.15, 0.2) is 0 Å². The summed E-state index contributed by atoms with van der Waals surface area (Å²) in [5.41, 5.74) is 1.06. The van der Waals surface area contributed by atoms with E-state index < -0.39 is 10.0 Å². The third-order valence-corrected chi connectivity index (χ3v) is 5.76. The van der Waals surface area contributed by atoms with Crippen molar-refractivity contribution in [3.63, 3.8) is 0 Å². The molecule has 1 aromatic carbocycles. The molecule has 0 saturated heterocycles. The van der Waals surface area contributed by atoms with Crippen LogP contribution in [0.25, 0.3) is 0 Å². The van der Waals surface area contributed by atoms with E-state index in [0.29, 0.717) is 23.0 Å². The van der Waals surface area contributed by atoms with Gasteiger partial charge in [-0.3, -0.25) is 0 Å². The Labute approximate surface area is 119 Å². The number of nitrogens with one attached hydrogen (secondary N) is 1. The van der Waals surface area contributed by atoms with Gasteiger partial charge in [-0.1, -0.05) is 6.07 Å². The molecule has 4 nitrogen and oxygen atoms in total. The number of benzene rings is 1. The number of aryl methyl sites for hydroxylation is 1. The van der Waals surface area contributed by atoms with Crippen molar-refractivity contribution in [1.82, 2.24) is 4.72 Å². The van der Waals surface area contributed by atoms with E-state index >= 15 is 0 Å². The lowest BCUT2D eigenvalue weighted by molar-refractivity contribution is 0.471. The third-order valence-electron chi connectivity index (χ3n) is 4.16. The maximum absolute atomic E-state index is 12.6. The van der Waals surface area contributed by atoms with E-state index in [0.717, 1.165) is 25.7 Å². The average Bonchev–Trinajstić information content (AvgIpc) is 3.29. The summed E-state index contributed by atoms with van der Waals surface area (Å²) in [4.78, 5) is 0.239. The van der Waals surface area contributed by atoms with Crippen LogP contribution in [0.1, 0.15) is 36.8 Å². The second-order valence-electron chi connectivity index (χ2n) is 5.91. The van der Waals surface area contributed by atoms with Crippen LogP contribution in [-0.2, 0) is 10.0 Å². The van der Waals surface area contributed by atoms with Crippen molar-refractivity contribution in [2.45, 2.75) is 43.5 Å². The molecule has 1 aromatic rings. The van der Waals surface area contributed by atoms with Crippen LogP contribution in [0.5, 0.6) is 0 Å². The molecule has 1 N–H and O–H groups in total. The molecular weight excluding hydrogens is 272 g/mol. The fourth-order valence-electron chi connectivity index (χ4n) is 2.69. The highest BCUT2D eigenvalue weighted by atomic mass is 32.2. The minimum Gasteiger partial charge on any atom is -0.208 e. The zero-order valence-electron chi connectivity index (χ0n) is 11.5. The van der Waals surface area contributed by atoms with Crippen molar-refractivity contribution in [1.29, 1.82) is 5.26 Å². The van der Waals surface area contributed by atoms with Gasteiger partial charge in [0, 0.05) is 6.04 Å². The Morgan fingerprint density at radius 2 is 1.85 bits per heavy atom. The van der Waals surface area contributed by atoms with Crippen molar-refractivity contribution in [3.05, 3.63) is 29.3 Å². The fraction of sp³-hybridized carbons (Fsp3) is 0.533. The normalized spacial score (nSPS) is 19.1. The number of nitriles is 1. The molecule has 0 atom stereocenters. The van der Waals surface area contributed by atoms with Crippen LogP contribution in [0.4, 0.5) is 0 Å². The summed E-state index contributed by atoms with van der Waals surface area (Å²) < 4.78 is 28.0. The summed E-state index contributed by atoms with van der Waals surface area (Å²) in [6.07, 6.45) is 4.50. The van der Waals surface area contributed by atoms with Crippen LogP contribution >= 0.6 is 0 Å². The van der Waals surface area contributed by atoms with Crippen LogP contribution in [0.15, 0.2) is 23.1 Å². The van der Waals surface area contributed by atoms with Crippen molar-refractivity contribution in [3.8, 4) is 6.07 Å². The Kier molecular flexibility index (Phi) is 3.31. The Balaban J connectivity index is 1.89. The molecule has 0 spiro atoms. The van der Waals surface area contributed by atoms with Crippen LogP contribution in [0, 0.1) is 30.1 Å². The number of sulfonamides is 1. The minimum absolute atomic E-state index is 0.0881. The quantitative estimate of drug-likeness (QED) is 0.904. The lowest BCUT2D eigenvalue weighted by Crippen LogP contribution is -2.38. The molecule has 5 heteroatoms. The van der Waals surface area contributed by atoms with Gasteiger partial charge in [0.25, 0.3) is 0 Å². The first-order chi connectivity index (χ1) is 9.51. The molecule has 20 heavy (non-hydrogen) atoms. The Morgan fingerprint density at radius 3 is 2.35 bits per heavy atom. The molecule has 2 fully saturated rings. The summed E-state index contributed by atoms with van der Waals surface area (Å²) in [5.74, 6) is 1.02. The number of nitrogens with zero attached hydrogens (tertiary/aromatic N) is 1. The molecule has 0 amide bonds. The Bertz CT molecular complexity index is 656. The molecule has 106 valence electrons. The summed E-state index contributed by atoms with van der Waals surface area (Å²) >= 11 is 0. The predicted octanol–water partition coefficient (Wildman–Crippen LogP) is 2.33. The van der Waals surface area contributed by atoms with Crippen LogP contribution in [0.2, 0.25) is 0 Å². The largest absolute Gasteiger partial charge is 0.241 e. The van der Waals surface area contributed by atoms with E-state index in [1.54, 1.807) is 19.1 Å². The highest BCUT2D eigenvalue weighted by Gasteiger charge is 2.43. The maximum atomic E-state index is 12.6. The van der Waals surface area contributed by atoms with Gasteiger partial charge in [0.2, 0.25) is 10.0 Å². The van der Waals surface area contributed by atoms with Gasteiger partial charge in [-0.2, -0.15) is 5.26 Å². The standard InChI is InChI=1S/C15H18N2O2S/c1-10-2-3-11(9-16)8-14(10)20(18,19)17-15(12-4-5-12)13-6-7-13/h2-3,8,12-13,15,17H,4-7H2,1H3. The second kappa shape index (κ2) is 4.87. The van der Waals surface area contributed by atoms with Crippen LogP contribution in [-0.4, -0.2) is 14.5 Å². The van der Waals surface area contributed by atoms with Crippen LogP contribution in [0.3, 0.4) is 0 Å². The van der Waals surface area contributed by atoms with E-state index in [1.807, 2.05) is 6.07 Å². The predicted molar refractivity (Wildman–Crippen MR) is 75.5 cm³/mol. The maximum Gasteiger partial charge on any atom is 0.241 e. The van der Waals surface area contributed by atoms with Gasteiger partial charge in [-0.15, -0.1) is 0 Å². The van der Waals surface area contributed by atoms with E-state index in [1.165, 1.54) is 6.07 Å². The summed E-state index contributed by atoms with van der Waals surface area (Å²) in [6.45, 7) is 1.76. The first-order valence-electron chi connectivity index (χ1n) is 7.04. The van der Waals surface area contributed by atoms with Gasteiger partial charge in [-0.05, 0) is 62.1 Å². The molecule has 3 rings (SSSR count). The van der Waals surface area contributed by atoms with E-state index in [4.69, 9.17) is 5.26 Å². The lowest BCUT2D eigenvalue weighted by atomic mass is 10.1. The van der Waals surface area contributed by atoms with Gasteiger partial charge < -0.3 is 0 Å². The van der Waals surface area contributed by atoms with Gasteiger partial charge >= 0.3 is 0 Å². The molecule has 0 aromatic heterocycles. The molecule has 0 bridgehead atoms. The Hall–Kier alpha value is -1.38. The SMILES string of the molecule is Cc1ccc(C#N)cc1S(=O)(=O)NC(C1CC1)C1CC1. The van der Waals surface area contributed by atoms with Crippen molar-refractivity contribution in [2.24, 2.45) is 11.8 Å². The molecule has 0 aliphatic heterocycles. The Morgan fingerprint density at radius 1 is 1.25 bits per heavy atom. The molecule has 2 aliphatic carbocycles.